The molecule has 0 saturated heterocycles. The Morgan fingerprint density at radius 3 is 2.43 bits per heavy atom. The summed E-state index contributed by atoms with van der Waals surface area (Å²) in [7, 11) is 0. The number of hydroxylamine groups is 2. The van der Waals surface area contributed by atoms with Crippen molar-refractivity contribution in [2.45, 2.75) is 38.8 Å². The van der Waals surface area contributed by atoms with Gasteiger partial charge in [0.15, 0.2) is 6.04 Å². The maximum atomic E-state index is 11.7. The van der Waals surface area contributed by atoms with Gasteiger partial charge in [0.25, 0.3) is 0 Å². The molecular formula is C14H19NO6. The number of carbonyl (C=O) groups excluding carboxylic acids is 1. The Balaban J connectivity index is 2.86. The molecule has 21 heavy (non-hydrogen) atoms. The van der Waals surface area contributed by atoms with Crippen molar-refractivity contribution >= 4 is 12.1 Å². The van der Waals surface area contributed by atoms with Gasteiger partial charge in [-0.25, -0.2) is 9.59 Å². The van der Waals surface area contributed by atoms with Crippen molar-refractivity contribution in [3.63, 3.8) is 0 Å². The highest BCUT2D eigenvalue weighted by Gasteiger charge is 2.32. The van der Waals surface area contributed by atoms with Crippen LogP contribution < -0.4 is 0 Å². The molecule has 0 heterocycles. The summed E-state index contributed by atoms with van der Waals surface area (Å²) < 4.78 is 4.92. The summed E-state index contributed by atoms with van der Waals surface area (Å²) in [5.74, 6) is -1.41. The minimum Gasteiger partial charge on any atom is -0.508 e. The van der Waals surface area contributed by atoms with E-state index in [2.05, 4.69) is 0 Å². The molecule has 0 aliphatic carbocycles. The molecule has 1 amide bonds. The summed E-state index contributed by atoms with van der Waals surface area (Å²) in [6, 6.07) is 4.40. The van der Waals surface area contributed by atoms with E-state index in [0.29, 0.717) is 5.56 Å². The number of ether oxygens (including phenoxy) is 1. The van der Waals surface area contributed by atoms with Crippen molar-refractivity contribution in [1.82, 2.24) is 5.06 Å². The van der Waals surface area contributed by atoms with Crippen LogP contribution in [-0.2, 0) is 16.0 Å². The molecule has 0 aromatic heterocycles. The molecule has 0 bridgehead atoms. The first kappa shape index (κ1) is 16.8. The second kappa shape index (κ2) is 6.45. The number of aliphatic carboxylic acids is 1. The third-order valence-electron chi connectivity index (χ3n) is 2.50. The topological polar surface area (TPSA) is 107 Å². The fourth-order valence-electron chi connectivity index (χ4n) is 1.62. The highest BCUT2D eigenvalue weighted by Crippen LogP contribution is 2.16. The van der Waals surface area contributed by atoms with Gasteiger partial charge < -0.3 is 14.9 Å². The second-order valence-electron chi connectivity index (χ2n) is 5.55. The van der Waals surface area contributed by atoms with E-state index in [0.717, 1.165) is 0 Å². The van der Waals surface area contributed by atoms with E-state index >= 15 is 0 Å². The lowest BCUT2D eigenvalue weighted by Crippen LogP contribution is -2.46. The van der Waals surface area contributed by atoms with E-state index in [-0.39, 0.29) is 17.2 Å². The van der Waals surface area contributed by atoms with E-state index in [9.17, 15) is 19.9 Å². The maximum Gasteiger partial charge on any atom is 0.435 e. The quantitative estimate of drug-likeness (QED) is 0.579. The van der Waals surface area contributed by atoms with Crippen LogP contribution in [0.25, 0.3) is 0 Å². The fraction of sp³-hybridized carbons (Fsp3) is 0.429. The number of nitrogens with zero attached hydrogens (tertiary/aromatic N) is 1. The van der Waals surface area contributed by atoms with Crippen LogP contribution in [0.1, 0.15) is 26.3 Å². The van der Waals surface area contributed by atoms with Gasteiger partial charge in [-0.2, -0.15) is 5.06 Å². The highest BCUT2D eigenvalue weighted by molar-refractivity contribution is 5.79. The number of rotatable bonds is 4. The zero-order chi connectivity index (χ0) is 16.2. The molecule has 3 N–H and O–H groups in total. The molecule has 7 nitrogen and oxygen atoms in total. The predicted molar refractivity (Wildman–Crippen MR) is 73.1 cm³/mol. The molecular weight excluding hydrogens is 278 g/mol. The van der Waals surface area contributed by atoms with Crippen LogP contribution >= 0.6 is 0 Å². The van der Waals surface area contributed by atoms with Crippen LogP contribution in [0, 0.1) is 0 Å². The summed E-state index contributed by atoms with van der Waals surface area (Å²) in [5, 5.41) is 28.3. The normalized spacial score (nSPS) is 12.6. The van der Waals surface area contributed by atoms with Crippen LogP contribution in [0.15, 0.2) is 24.3 Å². The number of amides is 1. The molecule has 1 aromatic carbocycles. The predicted octanol–water partition coefficient (Wildman–Crippen LogP) is 2.01. The number of phenolic OH excluding ortho intramolecular Hbond substituents is 1. The van der Waals surface area contributed by atoms with Crippen molar-refractivity contribution in [3.05, 3.63) is 29.8 Å². The Hall–Kier alpha value is -2.28. The van der Waals surface area contributed by atoms with E-state index in [1.165, 1.54) is 12.1 Å². The lowest BCUT2D eigenvalue weighted by Gasteiger charge is -2.26. The summed E-state index contributed by atoms with van der Waals surface area (Å²) in [5.41, 5.74) is -0.392. The average Bonchev–Trinajstić information content (AvgIpc) is 2.32. The van der Waals surface area contributed by atoms with Gasteiger partial charge in [0.2, 0.25) is 0 Å². The first-order valence-electron chi connectivity index (χ1n) is 6.32. The molecule has 7 heteroatoms. The van der Waals surface area contributed by atoms with Crippen LogP contribution in [0.2, 0.25) is 0 Å². The largest absolute Gasteiger partial charge is 0.508 e. The number of carboxylic acid groups (broad SMARTS) is 1. The van der Waals surface area contributed by atoms with Gasteiger partial charge in [-0.3, -0.25) is 5.21 Å². The SMILES string of the molecule is CC(C)(C)OC(=O)N(O)[C@@H](Cc1cccc(O)c1)C(=O)O. The van der Waals surface area contributed by atoms with Gasteiger partial charge in [0, 0.05) is 6.42 Å². The van der Waals surface area contributed by atoms with E-state index in [4.69, 9.17) is 9.84 Å². The minimum absolute atomic E-state index is 0.0293. The molecule has 1 rings (SSSR count). The molecule has 0 saturated carbocycles. The standard InChI is InChI=1S/C14H19NO6/c1-14(2,3)21-13(19)15(20)11(12(17)18)8-9-5-4-6-10(16)7-9/h4-7,11,16,20H,8H2,1-3H3,(H,17,18)/t11-/m0/s1. The summed E-state index contributed by atoms with van der Waals surface area (Å²) in [6.45, 7) is 4.80. The first-order chi connectivity index (χ1) is 9.60. The zero-order valence-corrected chi connectivity index (χ0v) is 12.1. The average molecular weight is 297 g/mol. The number of aromatic hydroxyl groups is 1. The third-order valence-corrected chi connectivity index (χ3v) is 2.50. The lowest BCUT2D eigenvalue weighted by molar-refractivity contribution is -0.164. The van der Waals surface area contributed by atoms with Crippen molar-refractivity contribution in [1.29, 1.82) is 0 Å². The van der Waals surface area contributed by atoms with Gasteiger partial charge >= 0.3 is 12.1 Å². The molecule has 1 aromatic rings. The van der Waals surface area contributed by atoms with Crippen LogP contribution in [-0.4, -0.2) is 44.2 Å². The van der Waals surface area contributed by atoms with Gasteiger partial charge in [0.1, 0.15) is 11.4 Å². The molecule has 0 aliphatic rings. The monoisotopic (exact) mass is 297 g/mol. The van der Waals surface area contributed by atoms with Gasteiger partial charge in [-0.1, -0.05) is 12.1 Å². The van der Waals surface area contributed by atoms with Crippen molar-refractivity contribution in [2.75, 3.05) is 0 Å². The molecule has 0 fully saturated rings. The van der Waals surface area contributed by atoms with Gasteiger partial charge in [-0.15, -0.1) is 0 Å². The van der Waals surface area contributed by atoms with Crippen molar-refractivity contribution in [2.24, 2.45) is 0 Å². The molecule has 0 unspecified atom stereocenters. The number of carboxylic acids is 1. The summed E-state index contributed by atoms with van der Waals surface area (Å²) in [4.78, 5) is 22.9. The molecule has 0 aliphatic heterocycles. The minimum atomic E-state index is -1.51. The number of hydrogen-bond donors (Lipinski definition) is 3. The van der Waals surface area contributed by atoms with Crippen LogP contribution in [0.4, 0.5) is 4.79 Å². The zero-order valence-electron chi connectivity index (χ0n) is 12.1. The smallest absolute Gasteiger partial charge is 0.435 e. The Morgan fingerprint density at radius 2 is 1.95 bits per heavy atom. The number of benzene rings is 1. The Labute approximate surface area is 122 Å². The fourth-order valence-corrected chi connectivity index (χ4v) is 1.62. The van der Waals surface area contributed by atoms with Gasteiger partial charge in [0.05, 0.1) is 0 Å². The van der Waals surface area contributed by atoms with E-state index < -0.39 is 23.7 Å². The first-order valence-corrected chi connectivity index (χ1v) is 6.32. The lowest BCUT2D eigenvalue weighted by atomic mass is 10.1. The van der Waals surface area contributed by atoms with Crippen molar-refractivity contribution in [3.8, 4) is 5.75 Å². The van der Waals surface area contributed by atoms with E-state index in [1.54, 1.807) is 32.9 Å². The van der Waals surface area contributed by atoms with Crippen molar-refractivity contribution < 1.29 is 29.7 Å². The maximum absolute atomic E-state index is 11.7. The Bertz CT molecular complexity index is 522. The van der Waals surface area contributed by atoms with Crippen LogP contribution in [0.3, 0.4) is 0 Å². The van der Waals surface area contributed by atoms with Gasteiger partial charge in [-0.05, 0) is 38.5 Å². The highest BCUT2D eigenvalue weighted by atomic mass is 16.6. The Kier molecular flexibility index (Phi) is 5.15. The molecule has 0 spiro atoms. The summed E-state index contributed by atoms with van der Waals surface area (Å²) >= 11 is 0. The Morgan fingerprint density at radius 1 is 1.33 bits per heavy atom. The third kappa shape index (κ3) is 5.31. The number of hydrogen-bond acceptors (Lipinski definition) is 5. The number of phenols is 1. The second-order valence-corrected chi connectivity index (χ2v) is 5.55. The molecule has 0 radical (unpaired) electrons. The summed E-state index contributed by atoms with van der Waals surface area (Å²) in [6.07, 6.45) is -1.31. The molecule has 116 valence electrons. The van der Waals surface area contributed by atoms with E-state index in [1.807, 2.05) is 0 Å². The molecule has 1 atom stereocenters. The number of carbonyl (C=O) groups is 2. The van der Waals surface area contributed by atoms with Crippen LogP contribution in [0.5, 0.6) is 5.75 Å².